The molecule has 2 N–H and O–H groups in total. The zero-order valence-corrected chi connectivity index (χ0v) is 9.95. The maximum Gasteiger partial charge on any atom is 0.201 e. The van der Waals surface area contributed by atoms with Gasteiger partial charge in [0, 0.05) is 6.04 Å². The van der Waals surface area contributed by atoms with E-state index in [-0.39, 0.29) is 0 Å². The maximum absolute atomic E-state index is 6.03. The van der Waals surface area contributed by atoms with E-state index in [1.807, 2.05) is 19.9 Å². The Kier molecular flexibility index (Phi) is 2.76. The zero-order chi connectivity index (χ0) is 11.0. The number of hydrogen-bond donors (Lipinski definition) is 2. The van der Waals surface area contributed by atoms with E-state index in [0.717, 1.165) is 5.52 Å². The number of H-pyrrole nitrogens is 1. The standard InChI is InChI=1S/C10H11Cl2N3/c1-5(2)13-10-14-7-4-3-6(11)8(12)9(7)15-10/h3-5H,1-2H3,(H2,13,14,15). The molecule has 0 saturated heterocycles. The Balaban J connectivity index is 2.51. The number of anilines is 1. The summed E-state index contributed by atoms with van der Waals surface area (Å²) < 4.78 is 0. The molecule has 80 valence electrons. The van der Waals surface area contributed by atoms with Crippen LogP contribution in [0.5, 0.6) is 0 Å². The summed E-state index contributed by atoms with van der Waals surface area (Å²) in [4.78, 5) is 7.46. The molecule has 0 fully saturated rings. The molecule has 0 bridgehead atoms. The predicted molar refractivity (Wildman–Crippen MR) is 64.9 cm³/mol. The van der Waals surface area contributed by atoms with E-state index in [4.69, 9.17) is 23.2 Å². The lowest BCUT2D eigenvalue weighted by molar-refractivity contribution is 0.883. The van der Waals surface area contributed by atoms with Crippen LogP contribution >= 0.6 is 23.2 Å². The van der Waals surface area contributed by atoms with Gasteiger partial charge in [0.1, 0.15) is 5.52 Å². The van der Waals surface area contributed by atoms with Crippen molar-refractivity contribution in [2.75, 3.05) is 5.32 Å². The van der Waals surface area contributed by atoms with Crippen molar-refractivity contribution in [1.29, 1.82) is 0 Å². The molecule has 0 spiro atoms. The van der Waals surface area contributed by atoms with Crippen LogP contribution in [-0.4, -0.2) is 16.0 Å². The molecule has 0 aliphatic heterocycles. The zero-order valence-electron chi connectivity index (χ0n) is 8.44. The second-order valence-electron chi connectivity index (χ2n) is 3.64. The molecule has 0 aliphatic carbocycles. The molecule has 2 rings (SSSR count). The largest absolute Gasteiger partial charge is 0.354 e. The van der Waals surface area contributed by atoms with Crippen LogP contribution in [0.1, 0.15) is 13.8 Å². The predicted octanol–water partition coefficient (Wildman–Crippen LogP) is 3.69. The summed E-state index contributed by atoms with van der Waals surface area (Å²) in [6, 6.07) is 3.94. The van der Waals surface area contributed by atoms with E-state index < -0.39 is 0 Å². The molecule has 0 unspecified atom stereocenters. The SMILES string of the molecule is CC(C)Nc1nc2c(Cl)c(Cl)ccc2[nH]1. The number of aromatic nitrogens is 2. The molecule has 5 heteroatoms. The van der Waals surface area contributed by atoms with Crippen molar-refractivity contribution >= 4 is 40.2 Å². The van der Waals surface area contributed by atoms with E-state index in [1.54, 1.807) is 6.07 Å². The molecule has 15 heavy (non-hydrogen) atoms. The van der Waals surface area contributed by atoms with Gasteiger partial charge in [-0.15, -0.1) is 0 Å². The van der Waals surface area contributed by atoms with Crippen molar-refractivity contribution in [2.24, 2.45) is 0 Å². The number of halogens is 2. The first kappa shape index (κ1) is 10.6. The summed E-state index contributed by atoms with van der Waals surface area (Å²) in [6.07, 6.45) is 0. The van der Waals surface area contributed by atoms with Crippen LogP contribution in [-0.2, 0) is 0 Å². The van der Waals surface area contributed by atoms with Crippen molar-refractivity contribution in [2.45, 2.75) is 19.9 Å². The fourth-order valence-electron chi connectivity index (χ4n) is 1.36. The molecule has 3 nitrogen and oxygen atoms in total. The number of nitrogens with zero attached hydrogens (tertiary/aromatic N) is 1. The maximum atomic E-state index is 6.03. The third kappa shape index (κ3) is 2.03. The van der Waals surface area contributed by atoms with E-state index in [0.29, 0.717) is 27.6 Å². The molecule has 0 atom stereocenters. The highest BCUT2D eigenvalue weighted by atomic mass is 35.5. The van der Waals surface area contributed by atoms with Crippen molar-refractivity contribution in [3.05, 3.63) is 22.2 Å². The number of nitrogens with one attached hydrogen (secondary N) is 2. The number of rotatable bonds is 2. The molecule has 1 heterocycles. The first-order valence-electron chi connectivity index (χ1n) is 4.68. The van der Waals surface area contributed by atoms with Crippen molar-refractivity contribution < 1.29 is 0 Å². The van der Waals surface area contributed by atoms with E-state index in [1.165, 1.54) is 0 Å². The first-order chi connectivity index (χ1) is 7.08. The van der Waals surface area contributed by atoms with Crippen LogP contribution < -0.4 is 5.32 Å². The van der Waals surface area contributed by atoms with Crippen LogP contribution in [0.2, 0.25) is 10.0 Å². The van der Waals surface area contributed by atoms with Gasteiger partial charge in [0.15, 0.2) is 0 Å². The van der Waals surface area contributed by atoms with Gasteiger partial charge in [-0.2, -0.15) is 0 Å². The third-order valence-electron chi connectivity index (χ3n) is 1.97. The smallest absolute Gasteiger partial charge is 0.201 e. The van der Waals surface area contributed by atoms with Gasteiger partial charge in [-0.25, -0.2) is 4.98 Å². The molecular formula is C10H11Cl2N3. The van der Waals surface area contributed by atoms with Gasteiger partial charge in [-0.05, 0) is 26.0 Å². The van der Waals surface area contributed by atoms with Gasteiger partial charge in [0.05, 0.1) is 15.6 Å². The van der Waals surface area contributed by atoms with Crippen molar-refractivity contribution in [1.82, 2.24) is 9.97 Å². The Morgan fingerprint density at radius 1 is 1.33 bits per heavy atom. The Hall–Kier alpha value is -0.930. The summed E-state index contributed by atoms with van der Waals surface area (Å²) in [7, 11) is 0. The number of benzene rings is 1. The molecule has 0 amide bonds. The average Bonchev–Trinajstić information content (AvgIpc) is 2.54. The number of hydrogen-bond acceptors (Lipinski definition) is 2. The Morgan fingerprint density at radius 3 is 2.73 bits per heavy atom. The minimum absolute atomic E-state index is 0.319. The number of imidazole rings is 1. The molecule has 1 aromatic carbocycles. The summed E-state index contributed by atoms with van der Waals surface area (Å²) in [6.45, 7) is 4.09. The summed E-state index contributed by atoms with van der Waals surface area (Å²) in [5.74, 6) is 0.712. The first-order valence-corrected chi connectivity index (χ1v) is 5.44. The van der Waals surface area contributed by atoms with Gasteiger partial charge >= 0.3 is 0 Å². The Bertz CT molecular complexity index is 491. The quantitative estimate of drug-likeness (QED) is 0.845. The normalized spacial score (nSPS) is 11.3. The van der Waals surface area contributed by atoms with Crippen LogP contribution in [0, 0.1) is 0 Å². The van der Waals surface area contributed by atoms with Gasteiger partial charge in [-0.3, -0.25) is 0 Å². The monoisotopic (exact) mass is 243 g/mol. The topological polar surface area (TPSA) is 40.7 Å². The summed E-state index contributed by atoms with van der Waals surface area (Å²) >= 11 is 11.9. The minimum Gasteiger partial charge on any atom is -0.354 e. The Labute approximate surface area is 97.8 Å². The molecular weight excluding hydrogens is 233 g/mol. The van der Waals surface area contributed by atoms with Crippen LogP contribution in [0.4, 0.5) is 5.95 Å². The lowest BCUT2D eigenvalue weighted by atomic mass is 10.3. The average molecular weight is 244 g/mol. The van der Waals surface area contributed by atoms with E-state index >= 15 is 0 Å². The lowest BCUT2D eigenvalue weighted by Gasteiger charge is -2.04. The van der Waals surface area contributed by atoms with Crippen molar-refractivity contribution in [3.8, 4) is 0 Å². The fourth-order valence-corrected chi connectivity index (χ4v) is 1.72. The molecule has 1 aromatic heterocycles. The third-order valence-corrected chi connectivity index (χ3v) is 2.77. The summed E-state index contributed by atoms with van der Waals surface area (Å²) in [5, 5.41) is 4.18. The second kappa shape index (κ2) is 3.91. The van der Waals surface area contributed by atoms with Crippen LogP contribution in [0.25, 0.3) is 11.0 Å². The Morgan fingerprint density at radius 2 is 2.07 bits per heavy atom. The van der Waals surface area contributed by atoms with Gasteiger partial charge in [-0.1, -0.05) is 23.2 Å². The van der Waals surface area contributed by atoms with Gasteiger partial charge in [0.25, 0.3) is 0 Å². The summed E-state index contributed by atoms with van der Waals surface area (Å²) in [5.41, 5.74) is 1.58. The van der Waals surface area contributed by atoms with Gasteiger partial charge < -0.3 is 10.3 Å². The highest BCUT2D eigenvalue weighted by Crippen LogP contribution is 2.30. The van der Waals surface area contributed by atoms with Gasteiger partial charge in [0.2, 0.25) is 5.95 Å². The second-order valence-corrected chi connectivity index (χ2v) is 4.43. The highest BCUT2D eigenvalue weighted by molar-refractivity contribution is 6.44. The fraction of sp³-hybridized carbons (Fsp3) is 0.300. The molecule has 0 radical (unpaired) electrons. The molecule has 2 aromatic rings. The number of fused-ring (bicyclic) bond motifs is 1. The van der Waals surface area contributed by atoms with Crippen molar-refractivity contribution in [3.63, 3.8) is 0 Å². The lowest BCUT2D eigenvalue weighted by Crippen LogP contribution is -2.10. The minimum atomic E-state index is 0.319. The molecule has 0 saturated carbocycles. The van der Waals surface area contributed by atoms with Crippen LogP contribution in [0.15, 0.2) is 12.1 Å². The van der Waals surface area contributed by atoms with E-state index in [2.05, 4.69) is 15.3 Å². The number of aromatic amines is 1. The van der Waals surface area contributed by atoms with E-state index in [9.17, 15) is 0 Å². The highest BCUT2D eigenvalue weighted by Gasteiger charge is 2.09. The molecule has 0 aliphatic rings. The van der Waals surface area contributed by atoms with Crippen LogP contribution in [0.3, 0.4) is 0 Å².